The number of piperidine rings is 1. The number of likely N-dealkylation sites (tertiary alicyclic amines) is 1. The Kier molecular flexibility index (Phi) is 5.25. The van der Waals surface area contributed by atoms with Gasteiger partial charge in [0.2, 0.25) is 11.8 Å². The van der Waals surface area contributed by atoms with Crippen molar-refractivity contribution in [3.8, 4) is 0 Å². The normalized spacial score (nSPS) is 15.3. The van der Waals surface area contributed by atoms with Gasteiger partial charge in [0.25, 0.3) is 5.91 Å². The fourth-order valence-corrected chi connectivity index (χ4v) is 2.45. The third kappa shape index (κ3) is 4.24. The van der Waals surface area contributed by atoms with Crippen LogP contribution in [0.15, 0.2) is 18.2 Å². The van der Waals surface area contributed by atoms with Gasteiger partial charge in [-0.25, -0.2) is 8.78 Å². The first kappa shape index (κ1) is 16.9. The molecule has 6 nitrogen and oxygen atoms in total. The van der Waals surface area contributed by atoms with Gasteiger partial charge in [0, 0.05) is 25.1 Å². The molecule has 1 aromatic rings. The van der Waals surface area contributed by atoms with Gasteiger partial charge in [-0.1, -0.05) is 0 Å². The number of halogens is 2. The highest BCUT2D eigenvalue weighted by atomic mass is 19.1. The van der Waals surface area contributed by atoms with E-state index >= 15 is 0 Å². The molecule has 2 rings (SSSR count). The molecule has 0 atom stereocenters. The molecule has 0 spiro atoms. The Bertz CT molecular complexity index is 628. The Morgan fingerprint density at radius 1 is 1.22 bits per heavy atom. The topological polar surface area (TPSA) is 92.5 Å². The molecular formula is C15H17F2N3O3. The third-order valence-electron chi connectivity index (χ3n) is 3.83. The number of primary amides is 1. The van der Waals surface area contributed by atoms with E-state index in [0.717, 1.165) is 12.1 Å². The maximum atomic E-state index is 13.5. The monoisotopic (exact) mass is 325 g/mol. The van der Waals surface area contributed by atoms with E-state index in [1.165, 1.54) is 4.90 Å². The zero-order valence-corrected chi connectivity index (χ0v) is 12.4. The summed E-state index contributed by atoms with van der Waals surface area (Å²) in [7, 11) is 0. The van der Waals surface area contributed by atoms with Crippen molar-refractivity contribution in [2.75, 3.05) is 19.6 Å². The molecule has 1 aromatic carbocycles. The summed E-state index contributed by atoms with van der Waals surface area (Å²) in [4.78, 5) is 36.4. The quantitative estimate of drug-likeness (QED) is 0.840. The van der Waals surface area contributed by atoms with E-state index in [-0.39, 0.29) is 29.8 Å². The minimum atomic E-state index is -0.989. The number of nitrogens with one attached hydrogen (secondary N) is 1. The molecule has 8 heteroatoms. The maximum Gasteiger partial charge on any atom is 0.254 e. The van der Waals surface area contributed by atoms with Gasteiger partial charge in [0.1, 0.15) is 11.6 Å². The number of benzene rings is 1. The smallest absolute Gasteiger partial charge is 0.254 e. The van der Waals surface area contributed by atoms with E-state index < -0.39 is 17.5 Å². The van der Waals surface area contributed by atoms with Gasteiger partial charge in [-0.3, -0.25) is 14.4 Å². The number of carbonyl (C=O) groups excluding carboxylic acids is 3. The summed E-state index contributed by atoms with van der Waals surface area (Å²) in [6.45, 7) is 0.470. The molecule has 0 bridgehead atoms. The van der Waals surface area contributed by atoms with E-state index in [2.05, 4.69) is 5.32 Å². The fraction of sp³-hybridized carbons (Fsp3) is 0.400. The van der Waals surface area contributed by atoms with E-state index in [9.17, 15) is 23.2 Å². The zero-order chi connectivity index (χ0) is 17.0. The van der Waals surface area contributed by atoms with Crippen LogP contribution in [0.4, 0.5) is 8.78 Å². The van der Waals surface area contributed by atoms with Gasteiger partial charge in [-0.2, -0.15) is 0 Å². The first-order valence-corrected chi connectivity index (χ1v) is 7.19. The SMILES string of the molecule is NC(=O)C1CCN(C(=O)CNC(=O)c2ccc(F)cc2F)CC1. The summed E-state index contributed by atoms with van der Waals surface area (Å²) in [5.74, 6) is -3.50. The highest BCUT2D eigenvalue weighted by Gasteiger charge is 2.26. The number of nitrogens with two attached hydrogens (primary N) is 1. The van der Waals surface area contributed by atoms with E-state index in [1.54, 1.807) is 0 Å². The Balaban J connectivity index is 1.85. The van der Waals surface area contributed by atoms with Crippen LogP contribution in [0, 0.1) is 17.6 Å². The van der Waals surface area contributed by atoms with Gasteiger partial charge in [-0.05, 0) is 25.0 Å². The number of amides is 3. The molecule has 1 saturated heterocycles. The number of nitrogens with zero attached hydrogens (tertiary/aromatic N) is 1. The molecule has 0 aliphatic carbocycles. The number of hydrogen-bond donors (Lipinski definition) is 2. The number of rotatable bonds is 4. The van der Waals surface area contributed by atoms with Crippen LogP contribution in [0.3, 0.4) is 0 Å². The number of carbonyl (C=O) groups is 3. The van der Waals surface area contributed by atoms with Gasteiger partial charge >= 0.3 is 0 Å². The summed E-state index contributed by atoms with van der Waals surface area (Å²) < 4.78 is 26.2. The average molecular weight is 325 g/mol. The van der Waals surface area contributed by atoms with Crippen LogP contribution >= 0.6 is 0 Å². The fourth-order valence-electron chi connectivity index (χ4n) is 2.45. The van der Waals surface area contributed by atoms with Crippen LogP contribution in [-0.2, 0) is 9.59 Å². The van der Waals surface area contributed by atoms with Crippen molar-refractivity contribution < 1.29 is 23.2 Å². The van der Waals surface area contributed by atoms with Crippen molar-refractivity contribution in [2.24, 2.45) is 11.7 Å². The lowest BCUT2D eigenvalue weighted by Crippen LogP contribution is -2.45. The lowest BCUT2D eigenvalue weighted by Gasteiger charge is -2.30. The lowest BCUT2D eigenvalue weighted by molar-refractivity contribution is -0.133. The Morgan fingerprint density at radius 2 is 1.87 bits per heavy atom. The van der Waals surface area contributed by atoms with E-state index in [0.29, 0.717) is 32.0 Å². The second-order valence-electron chi connectivity index (χ2n) is 5.36. The minimum absolute atomic E-state index is 0.234. The molecule has 1 aliphatic heterocycles. The van der Waals surface area contributed by atoms with Crippen molar-refractivity contribution in [1.29, 1.82) is 0 Å². The molecule has 124 valence electrons. The van der Waals surface area contributed by atoms with Crippen LogP contribution in [0.5, 0.6) is 0 Å². The molecule has 23 heavy (non-hydrogen) atoms. The molecule has 0 unspecified atom stereocenters. The first-order valence-electron chi connectivity index (χ1n) is 7.19. The summed E-state index contributed by atoms with van der Waals surface area (Å²) in [5.41, 5.74) is 4.89. The number of hydrogen-bond acceptors (Lipinski definition) is 3. The summed E-state index contributed by atoms with van der Waals surface area (Å²) >= 11 is 0. The van der Waals surface area contributed by atoms with Crippen LogP contribution in [0.25, 0.3) is 0 Å². The minimum Gasteiger partial charge on any atom is -0.369 e. The molecule has 0 saturated carbocycles. The van der Waals surface area contributed by atoms with Crippen LogP contribution in [0.1, 0.15) is 23.2 Å². The van der Waals surface area contributed by atoms with Crippen molar-refractivity contribution >= 4 is 17.7 Å². The van der Waals surface area contributed by atoms with Crippen LogP contribution < -0.4 is 11.1 Å². The second-order valence-corrected chi connectivity index (χ2v) is 5.36. The van der Waals surface area contributed by atoms with Crippen LogP contribution in [0.2, 0.25) is 0 Å². The standard InChI is InChI=1S/C15H17F2N3O3/c16-10-1-2-11(12(17)7-10)15(23)19-8-13(21)20-5-3-9(4-6-20)14(18)22/h1-2,7,9H,3-6,8H2,(H2,18,22)(H,19,23). The van der Waals surface area contributed by atoms with Gasteiger partial charge in [0.15, 0.2) is 0 Å². The van der Waals surface area contributed by atoms with Crippen molar-refractivity contribution in [2.45, 2.75) is 12.8 Å². The highest BCUT2D eigenvalue weighted by Crippen LogP contribution is 2.16. The van der Waals surface area contributed by atoms with Crippen molar-refractivity contribution in [1.82, 2.24) is 10.2 Å². The molecule has 1 aliphatic rings. The highest BCUT2D eigenvalue weighted by molar-refractivity contribution is 5.96. The largest absolute Gasteiger partial charge is 0.369 e. The van der Waals surface area contributed by atoms with Crippen molar-refractivity contribution in [3.05, 3.63) is 35.4 Å². The summed E-state index contributed by atoms with van der Waals surface area (Å²) in [6.07, 6.45) is 0.975. The van der Waals surface area contributed by atoms with Gasteiger partial charge < -0.3 is 16.0 Å². The maximum absolute atomic E-state index is 13.5. The molecule has 1 fully saturated rings. The molecular weight excluding hydrogens is 308 g/mol. The van der Waals surface area contributed by atoms with Gasteiger partial charge in [0.05, 0.1) is 12.1 Å². The predicted octanol–water partition coefficient (Wildman–Crippen LogP) is 0.418. The van der Waals surface area contributed by atoms with Crippen LogP contribution in [-0.4, -0.2) is 42.3 Å². The van der Waals surface area contributed by atoms with E-state index in [4.69, 9.17) is 5.73 Å². The molecule has 3 N–H and O–H groups in total. The zero-order valence-electron chi connectivity index (χ0n) is 12.4. The average Bonchev–Trinajstić information content (AvgIpc) is 2.52. The second kappa shape index (κ2) is 7.17. The molecule has 0 aromatic heterocycles. The Morgan fingerprint density at radius 3 is 2.43 bits per heavy atom. The van der Waals surface area contributed by atoms with Crippen molar-refractivity contribution in [3.63, 3.8) is 0 Å². The molecule has 0 radical (unpaired) electrons. The van der Waals surface area contributed by atoms with E-state index in [1.807, 2.05) is 0 Å². The third-order valence-corrected chi connectivity index (χ3v) is 3.83. The summed E-state index contributed by atoms with van der Waals surface area (Å²) in [5, 5.41) is 2.31. The van der Waals surface area contributed by atoms with Gasteiger partial charge in [-0.15, -0.1) is 0 Å². The molecule has 1 heterocycles. The lowest BCUT2D eigenvalue weighted by atomic mass is 9.96. The molecule has 3 amide bonds. The summed E-state index contributed by atoms with van der Waals surface area (Å²) in [6, 6.07) is 2.59. The Labute approximate surface area is 131 Å². The predicted molar refractivity (Wildman–Crippen MR) is 77.2 cm³/mol. The first-order chi connectivity index (χ1) is 10.9. The Hall–Kier alpha value is -2.51.